The Morgan fingerprint density at radius 3 is 2.25 bits per heavy atom. The molecule has 0 aliphatic rings. The Morgan fingerprint density at radius 1 is 1.31 bits per heavy atom. The van der Waals surface area contributed by atoms with E-state index in [9.17, 15) is 4.79 Å². The van der Waals surface area contributed by atoms with Gasteiger partial charge in [-0.3, -0.25) is 9.69 Å². The Labute approximate surface area is 101 Å². The minimum Gasteiger partial charge on any atom is -0.300 e. The molecule has 0 aromatic carbocycles. The molecule has 2 heteroatoms. The van der Waals surface area contributed by atoms with Crippen molar-refractivity contribution < 1.29 is 4.79 Å². The molecule has 1 unspecified atom stereocenters. The fourth-order valence-electron chi connectivity index (χ4n) is 1.69. The first kappa shape index (κ1) is 15.6. The Balaban J connectivity index is 4.46. The lowest BCUT2D eigenvalue weighted by atomic mass is 9.87. The summed E-state index contributed by atoms with van der Waals surface area (Å²) < 4.78 is 0. The van der Waals surface area contributed by atoms with Crippen LogP contribution in [-0.2, 0) is 4.79 Å². The molecule has 0 aliphatic heterocycles. The fourth-order valence-corrected chi connectivity index (χ4v) is 1.69. The molecule has 0 saturated carbocycles. The minimum atomic E-state index is -0.211. The number of carbonyl (C=O) groups excluding carboxylic acids is 1. The summed E-state index contributed by atoms with van der Waals surface area (Å²) in [6, 6.07) is 0.574. The first-order valence-electron chi connectivity index (χ1n) is 6.60. The molecule has 0 aromatic rings. The number of ketones is 1. The van der Waals surface area contributed by atoms with Crippen LogP contribution in [0.5, 0.6) is 0 Å². The Bertz CT molecular complexity index is 211. The SMILES string of the molecule is CCCCN(CC(C)(C)C(C)=O)C(C)CC. The number of hydrogen-bond acceptors (Lipinski definition) is 2. The first-order chi connectivity index (χ1) is 7.35. The zero-order chi connectivity index (χ0) is 12.8. The van der Waals surface area contributed by atoms with Crippen molar-refractivity contribution in [1.82, 2.24) is 4.90 Å². The van der Waals surface area contributed by atoms with Gasteiger partial charge in [0.2, 0.25) is 0 Å². The number of nitrogens with zero attached hydrogens (tertiary/aromatic N) is 1. The summed E-state index contributed by atoms with van der Waals surface area (Å²) in [7, 11) is 0. The molecule has 0 aliphatic carbocycles. The molecule has 0 rings (SSSR count). The third kappa shape index (κ3) is 5.11. The molecule has 0 heterocycles. The van der Waals surface area contributed by atoms with E-state index in [0.29, 0.717) is 6.04 Å². The molecule has 0 fully saturated rings. The lowest BCUT2D eigenvalue weighted by molar-refractivity contribution is -0.126. The fraction of sp³-hybridized carbons (Fsp3) is 0.929. The number of unbranched alkanes of at least 4 members (excludes halogenated alkanes) is 1. The van der Waals surface area contributed by atoms with Gasteiger partial charge in [0.15, 0.2) is 0 Å². The van der Waals surface area contributed by atoms with Crippen molar-refractivity contribution in [1.29, 1.82) is 0 Å². The second-order valence-electron chi connectivity index (χ2n) is 5.52. The molecule has 0 radical (unpaired) electrons. The molecule has 96 valence electrons. The third-order valence-corrected chi connectivity index (χ3v) is 3.56. The number of hydrogen-bond donors (Lipinski definition) is 0. The molecule has 0 N–H and O–H groups in total. The molecule has 2 nitrogen and oxygen atoms in total. The lowest BCUT2D eigenvalue weighted by Gasteiger charge is -2.35. The summed E-state index contributed by atoms with van der Waals surface area (Å²) >= 11 is 0. The van der Waals surface area contributed by atoms with E-state index in [0.717, 1.165) is 19.5 Å². The topological polar surface area (TPSA) is 20.3 Å². The standard InChI is InChI=1S/C14H29NO/c1-7-9-10-15(12(3)8-2)11-14(5,6)13(4)16/h12H,7-11H2,1-6H3. The monoisotopic (exact) mass is 227 g/mol. The van der Waals surface area contributed by atoms with Crippen molar-refractivity contribution in [3.8, 4) is 0 Å². The van der Waals surface area contributed by atoms with Crippen LogP contribution in [0.4, 0.5) is 0 Å². The van der Waals surface area contributed by atoms with Gasteiger partial charge in [-0.1, -0.05) is 34.1 Å². The number of Topliss-reactive ketones (excluding diaryl/α,β-unsaturated/α-hetero) is 1. The van der Waals surface area contributed by atoms with E-state index in [-0.39, 0.29) is 11.2 Å². The maximum Gasteiger partial charge on any atom is 0.136 e. The van der Waals surface area contributed by atoms with Gasteiger partial charge in [-0.05, 0) is 33.2 Å². The van der Waals surface area contributed by atoms with Crippen LogP contribution in [0, 0.1) is 5.41 Å². The van der Waals surface area contributed by atoms with Crippen LogP contribution in [0.2, 0.25) is 0 Å². The highest BCUT2D eigenvalue weighted by Crippen LogP contribution is 2.20. The van der Waals surface area contributed by atoms with E-state index in [1.807, 2.05) is 0 Å². The Morgan fingerprint density at radius 2 is 1.88 bits per heavy atom. The van der Waals surface area contributed by atoms with E-state index in [2.05, 4.69) is 39.5 Å². The van der Waals surface area contributed by atoms with Crippen molar-refractivity contribution >= 4 is 5.78 Å². The average molecular weight is 227 g/mol. The minimum absolute atomic E-state index is 0.211. The van der Waals surface area contributed by atoms with Crippen molar-refractivity contribution in [3.05, 3.63) is 0 Å². The maximum atomic E-state index is 11.6. The predicted octanol–water partition coefficient (Wildman–Crippen LogP) is 3.50. The molecular weight excluding hydrogens is 198 g/mol. The summed E-state index contributed by atoms with van der Waals surface area (Å²) in [6.45, 7) is 14.5. The summed E-state index contributed by atoms with van der Waals surface area (Å²) in [6.07, 6.45) is 3.59. The molecule has 0 saturated heterocycles. The average Bonchev–Trinajstić information content (AvgIpc) is 2.22. The van der Waals surface area contributed by atoms with E-state index >= 15 is 0 Å². The van der Waals surface area contributed by atoms with Gasteiger partial charge in [-0.15, -0.1) is 0 Å². The van der Waals surface area contributed by atoms with Crippen molar-refractivity contribution in [2.75, 3.05) is 13.1 Å². The van der Waals surface area contributed by atoms with Crippen LogP contribution in [0.15, 0.2) is 0 Å². The molecule has 0 spiro atoms. The smallest absolute Gasteiger partial charge is 0.136 e. The highest BCUT2D eigenvalue weighted by atomic mass is 16.1. The highest BCUT2D eigenvalue weighted by Gasteiger charge is 2.27. The summed E-state index contributed by atoms with van der Waals surface area (Å²) in [5.41, 5.74) is -0.211. The number of rotatable bonds is 8. The molecule has 1 atom stereocenters. The Kier molecular flexibility index (Phi) is 6.89. The van der Waals surface area contributed by atoms with Gasteiger partial charge in [-0.2, -0.15) is 0 Å². The zero-order valence-electron chi connectivity index (χ0n) is 12.0. The van der Waals surface area contributed by atoms with Gasteiger partial charge >= 0.3 is 0 Å². The van der Waals surface area contributed by atoms with E-state index in [4.69, 9.17) is 0 Å². The normalized spacial score (nSPS) is 14.2. The summed E-state index contributed by atoms with van der Waals surface area (Å²) in [5.74, 6) is 0.289. The van der Waals surface area contributed by atoms with Gasteiger partial charge in [0.1, 0.15) is 5.78 Å². The lowest BCUT2D eigenvalue weighted by Crippen LogP contribution is -2.43. The molecular formula is C14H29NO. The van der Waals surface area contributed by atoms with Crippen LogP contribution < -0.4 is 0 Å². The molecule has 0 bridgehead atoms. The number of carbonyl (C=O) groups is 1. The van der Waals surface area contributed by atoms with Crippen LogP contribution in [-0.4, -0.2) is 29.8 Å². The van der Waals surface area contributed by atoms with Crippen LogP contribution in [0.1, 0.15) is 60.8 Å². The second-order valence-corrected chi connectivity index (χ2v) is 5.52. The predicted molar refractivity (Wildman–Crippen MR) is 70.7 cm³/mol. The zero-order valence-corrected chi connectivity index (χ0v) is 12.0. The second kappa shape index (κ2) is 7.05. The van der Waals surface area contributed by atoms with Crippen LogP contribution in [0.3, 0.4) is 0 Å². The largest absolute Gasteiger partial charge is 0.300 e. The highest BCUT2D eigenvalue weighted by molar-refractivity contribution is 5.81. The van der Waals surface area contributed by atoms with E-state index < -0.39 is 0 Å². The van der Waals surface area contributed by atoms with E-state index in [1.165, 1.54) is 12.8 Å². The van der Waals surface area contributed by atoms with Gasteiger partial charge in [-0.25, -0.2) is 0 Å². The summed E-state index contributed by atoms with van der Waals surface area (Å²) in [5, 5.41) is 0. The quantitative estimate of drug-likeness (QED) is 0.632. The van der Waals surface area contributed by atoms with Gasteiger partial charge < -0.3 is 0 Å². The first-order valence-corrected chi connectivity index (χ1v) is 6.60. The molecule has 16 heavy (non-hydrogen) atoms. The van der Waals surface area contributed by atoms with Crippen molar-refractivity contribution in [2.45, 2.75) is 66.8 Å². The molecule has 0 amide bonds. The molecule has 0 aromatic heterocycles. The Hall–Kier alpha value is -0.370. The van der Waals surface area contributed by atoms with Crippen LogP contribution >= 0.6 is 0 Å². The summed E-state index contributed by atoms with van der Waals surface area (Å²) in [4.78, 5) is 14.0. The maximum absolute atomic E-state index is 11.6. The van der Waals surface area contributed by atoms with Gasteiger partial charge in [0, 0.05) is 18.0 Å². The third-order valence-electron chi connectivity index (χ3n) is 3.56. The van der Waals surface area contributed by atoms with Crippen molar-refractivity contribution in [2.24, 2.45) is 5.41 Å². The van der Waals surface area contributed by atoms with Crippen molar-refractivity contribution in [3.63, 3.8) is 0 Å². The van der Waals surface area contributed by atoms with Gasteiger partial charge in [0.05, 0.1) is 0 Å². The van der Waals surface area contributed by atoms with E-state index in [1.54, 1.807) is 6.92 Å². The van der Waals surface area contributed by atoms with Crippen LogP contribution in [0.25, 0.3) is 0 Å². The van der Waals surface area contributed by atoms with Gasteiger partial charge in [0.25, 0.3) is 0 Å².